The lowest BCUT2D eigenvalue weighted by Gasteiger charge is -2.27. The Labute approximate surface area is 191 Å². The number of aromatic amines is 1. The van der Waals surface area contributed by atoms with Crippen LogP contribution in [-0.2, 0) is 0 Å². The van der Waals surface area contributed by atoms with Crippen LogP contribution >= 0.6 is 31.9 Å². The largest absolute Gasteiger partial charge is 0.385 e. The first-order chi connectivity index (χ1) is 14.5. The van der Waals surface area contributed by atoms with Crippen molar-refractivity contribution in [2.75, 3.05) is 18.8 Å². The predicted octanol–water partition coefficient (Wildman–Crippen LogP) is 5.65. The van der Waals surface area contributed by atoms with Gasteiger partial charge in [-0.2, -0.15) is 0 Å². The summed E-state index contributed by atoms with van der Waals surface area (Å²) < 4.78 is 1.80. The lowest BCUT2D eigenvalue weighted by atomic mass is 9.96. The predicted molar refractivity (Wildman–Crippen MR) is 126 cm³/mol. The van der Waals surface area contributed by atoms with E-state index in [-0.39, 0.29) is 17.5 Å². The number of nitrogens with zero attached hydrogens (tertiary/aromatic N) is 1. The average Bonchev–Trinajstić information content (AvgIpc) is 3.11. The molecule has 154 valence electrons. The first kappa shape index (κ1) is 20.9. The third-order valence-electron chi connectivity index (χ3n) is 5.35. The van der Waals surface area contributed by atoms with Crippen LogP contribution in [0.2, 0.25) is 0 Å². The number of nitrogens with one attached hydrogen (secondary N) is 1. The van der Waals surface area contributed by atoms with Gasteiger partial charge in [0.05, 0.1) is 11.3 Å². The molecule has 2 aromatic carbocycles. The van der Waals surface area contributed by atoms with Crippen molar-refractivity contribution in [1.82, 2.24) is 9.88 Å². The van der Waals surface area contributed by atoms with E-state index in [1.54, 1.807) is 12.1 Å². The van der Waals surface area contributed by atoms with E-state index in [2.05, 4.69) is 36.8 Å². The topological polar surface area (TPSA) is 79.2 Å². The van der Waals surface area contributed by atoms with Crippen LogP contribution in [0.1, 0.15) is 45.7 Å². The number of amides is 1. The molecule has 1 fully saturated rings. The van der Waals surface area contributed by atoms with Crippen LogP contribution in [0, 0.1) is 0 Å². The van der Waals surface area contributed by atoms with E-state index >= 15 is 0 Å². The molecule has 1 saturated heterocycles. The van der Waals surface area contributed by atoms with Crippen molar-refractivity contribution in [3.8, 4) is 11.1 Å². The van der Waals surface area contributed by atoms with E-state index in [4.69, 9.17) is 5.73 Å². The van der Waals surface area contributed by atoms with Crippen molar-refractivity contribution < 1.29 is 9.59 Å². The zero-order chi connectivity index (χ0) is 21.3. The summed E-state index contributed by atoms with van der Waals surface area (Å²) in [4.78, 5) is 31.6. The SMILES string of the molecule is Nc1[nH]c(C(=O)c2ccc(Br)cc2)c(-c2ccc(Br)cc2)c1C(=O)N1CCCCC1. The molecule has 0 unspecified atom stereocenters. The summed E-state index contributed by atoms with van der Waals surface area (Å²) in [6.45, 7) is 1.42. The summed E-state index contributed by atoms with van der Waals surface area (Å²) in [6.07, 6.45) is 3.09. The quantitative estimate of drug-likeness (QED) is 0.428. The Hall–Kier alpha value is -2.38. The molecule has 1 aliphatic heterocycles. The first-order valence-corrected chi connectivity index (χ1v) is 11.4. The lowest BCUT2D eigenvalue weighted by molar-refractivity contribution is 0.0726. The monoisotopic (exact) mass is 529 g/mol. The van der Waals surface area contributed by atoms with Gasteiger partial charge in [-0.3, -0.25) is 9.59 Å². The second-order valence-corrected chi connectivity index (χ2v) is 9.19. The molecule has 4 rings (SSSR count). The number of aromatic nitrogens is 1. The van der Waals surface area contributed by atoms with E-state index in [1.165, 1.54) is 0 Å². The van der Waals surface area contributed by atoms with Gasteiger partial charge in [-0.1, -0.05) is 44.0 Å². The van der Waals surface area contributed by atoms with E-state index in [1.807, 2.05) is 41.3 Å². The van der Waals surface area contributed by atoms with Gasteiger partial charge in [0.15, 0.2) is 0 Å². The highest BCUT2D eigenvalue weighted by atomic mass is 79.9. The Bertz CT molecular complexity index is 1080. The van der Waals surface area contributed by atoms with Gasteiger partial charge in [0.2, 0.25) is 5.78 Å². The van der Waals surface area contributed by atoms with E-state index < -0.39 is 0 Å². The first-order valence-electron chi connectivity index (χ1n) is 9.82. The number of carbonyl (C=O) groups excluding carboxylic acids is 2. The Kier molecular flexibility index (Phi) is 6.11. The summed E-state index contributed by atoms with van der Waals surface area (Å²) in [5.74, 6) is -0.106. The number of nitrogens with two attached hydrogens (primary N) is 1. The molecule has 3 N–H and O–H groups in total. The van der Waals surface area contributed by atoms with Gasteiger partial charge in [-0.15, -0.1) is 0 Å². The molecule has 0 radical (unpaired) electrons. The zero-order valence-electron chi connectivity index (χ0n) is 16.3. The molecular weight excluding hydrogens is 510 g/mol. The molecule has 3 aromatic rings. The van der Waals surface area contributed by atoms with E-state index in [0.717, 1.165) is 33.8 Å². The van der Waals surface area contributed by atoms with Gasteiger partial charge in [-0.25, -0.2) is 0 Å². The molecule has 30 heavy (non-hydrogen) atoms. The standard InChI is InChI=1S/C23H21Br2N3O2/c24-16-8-4-14(5-9-16)18-19(23(30)28-12-2-1-3-13-28)22(26)27-20(18)21(29)15-6-10-17(25)11-7-15/h4-11,27H,1-3,12-13,26H2. The molecule has 0 bridgehead atoms. The van der Waals surface area contributed by atoms with Gasteiger partial charge in [0.25, 0.3) is 5.91 Å². The molecule has 0 spiro atoms. The smallest absolute Gasteiger partial charge is 0.258 e. The Balaban J connectivity index is 1.85. The molecule has 1 amide bonds. The fourth-order valence-electron chi connectivity index (χ4n) is 3.82. The molecule has 0 aliphatic carbocycles. The normalized spacial score (nSPS) is 14.0. The van der Waals surface area contributed by atoms with Crippen molar-refractivity contribution in [1.29, 1.82) is 0 Å². The highest BCUT2D eigenvalue weighted by Gasteiger charge is 2.30. The van der Waals surface area contributed by atoms with Crippen molar-refractivity contribution in [3.63, 3.8) is 0 Å². The number of piperidine rings is 1. The highest BCUT2D eigenvalue weighted by Crippen LogP contribution is 2.35. The molecule has 2 heterocycles. The van der Waals surface area contributed by atoms with Crippen LogP contribution < -0.4 is 5.73 Å². The van der Waals surface area contributed by atoms with Crippen LogP contribution in [0.3, 0.4) is 0 Å². The van der Waals surface area contributed by atoms with E-state index in [0.29, 0.717) is 35.5 Å². The maximum Gasteiger partial charge on any atom is 0.258 e. The highest BCUT2D eigenvalue weighted by molar-refractivity contribution is 9.10. The van der Waals surface area contributed by atoms with Crippen molar-refractivity contribution in [2.24, 2.45) is 0 Å². The Morgan fingerprint density at radius 2 is 1.43 bits per heavy atom. The molecule has 0 atom stereocenters. The minimum Gasteiger partial charge on any atom is -0.385 e. The number of rotatable bonds is 4. The number of ketones is 1. The number of H-pyrrole nitrogens is 1. The Morgan fingerprint density at radius 1 is 0.867 bits per heavy atom. The number of hydrogen-bond acceptors (Lipinski definition) is 3. The molecule has 5 nitrogen and oxygen atoms in total. The van der Waals surface area contributed by atoms with E-state index in [9.17, 15) is 9.59 Å². The minimum atomic E-state index is -0.204. The molecule has 0 saturated carbocycles. The fraction of sp³-hybridized carbons (Fsp3) is 0.217. The van der Waals surface area contributed by atoms with Crippen LogP contribution in [0.4, 0.5) is 5.82 Å². The number of nitrogen functional groups attached to an aromatic ring is 1. The minimum absolute atomic E-state index is 0.128. The van der Waals surface area contributed by atoms with Crippen LogP contribution in [0.15, 0.2) is 57.5 Å². The average molecular weight is 531 g/mol. The molecule has 7 heteroatoms. The van der Waals surface area contributed by atoms with Crippen LogP contribution in [0.5, 0.6) is 0 Å². The van der Waals surface area contributed by atoms with Crippen LogP contribution in [0.25, 0.3) is 11.1 Å². The second kappa shape index (κ2) is 8.78. The van der Waals surface area contributed by atoms with Gasteiger partial charge in [-0.05, 0) is 61.2 Å². The van der Waals surface area contributed by atoms with Gasteiger partial charge < -0.3 is 15.6 Å². The Morgan fingerprint density at radius 3 is 2.03 bits per heavy atom. The summed E-state index contributed by atoms with van der Waals surface area (Å²) in [5.41, 5.74) is 8.84. The van der Waals surface area contributed by atoms with Crippen LogP contribution in [-0.4, -0.2) is 34.7 Å². The van der Waals surface area contributed by atoms with Crippen molar-refractivity contribution >= 4 is 49.4 Å². The third kappa shape index (κ3) is 4.09. The number of anilines is 1. The maximum absolute atomic E-state index is 13.4. The zero-order valence-corrected chi connectivity index (χ0v) is 19.4. The number of likely N-dealkylation sites (tertiary alicyclic amines) is 1. The number of benzene rings is 2. The summed E-state index contributed by atoms with van der Waals surface area (Å²) in [6, 6.07) is 14.7. The molecule has 1 aliphatic rings. The fourth-order valence-corrected chi connectivity index (χ4v) is 4.35. The van der Waals surface area contributed by atoms with Gasteiger partial charge >= 0.3 is 0 Å². The lowest BCUT2D eigenvalue weighted by Crippen LogP contribution is -2.36. The number of halogens is 2. The maximum atomic E-state index is 13.4. The summed E-state index contributed by atoms with van der Waals surface area (Å²) >= 11 is 6.84. The second-order valence-electron chi connectivity index (χ2n) is 7.36. The van der Waals surface area contributed by atoms with Crippen molar-refractivity contribution in [2.45, 2.75) is 19.3 Å². The third-order valence-corrected chi connectivity index (χ3v) is 6.41. The number of carbonyl (C=O) groups is 2. The molecule has 1 aromatic heterocycles. The van der Waals surface area contributed by atoms with Gasteiger partial charge in [0.1, 0.15) is 5.82 Å². The van der Waals surface area contributed by atoms with Gasteiger partial charge in [0, 0.05) is 33.2 Å². The molecular formula is C23H21Br2N3O2. The summed E-state index contributed by atoms with van der Waals surface area (Å²) in [5, 5.41) is 0. The summed E-state index contributed by atoms with van der Waals surface area (Å²) in [7, 11) is 0. The number of hydrogen-bond donors (Lipinski definition) is 2. The van der Waals surface area contributed by atoms with Crippen molar-refractivity contribution in [3.05, 3.63) is 74.3 Å².